The van der Waals surface area contributed by atoms with E-state index in [0.29, 0.717) is 0 Å². The molecular weight excluding hydrogens is 180 g/mol. The van der Waals surface area contributed by atoms with Crippen LogP contribution in [0.5, 0.6) is 0 Å². The second-order valence-corrected chi connectivity index (χ2v) is 3.59. The molecule has 1 unspecified atom stereocenters. The molecule has 4 heteroatoms. The lowest BCUT2D eigenvalue weighted by Crippen LogP contribution is -2.44. The van der Waals surface area contributed by atoms with Crippen LogP contribution in [0, 0.1) is 0 Å². The average molecular weight is 196 g/mol. The summed E-state index contributed by atoms with van der Waals surface area (Å²) < 4.78 is 0. The van der Waals surface area contributed by atoms with E-state index < -0.39 is 0 Å². The lowest BCUT2D eigenvalue weighted by molar-refractivity contribution is -0.124. The largest absolute Gasteiger partial charge is 0.292 e. The Morgan fingerprint density at radius 3 is 3.00 bits per heavy atom. The average Bonchev–Trinajstić information content (AvgIpc) is 2.19. The van der Waals surface area contributed by atoms with Gasteiger partial charge in [0.2, 0.25) is 6.08 Å². The summed E-state index contributed by atoms with van der Waals surface area (Å²) >= 11 is 0. The minimum absolute atomic E-state index is 0.176. The zero-order valence-electron chi connectivity index (χ0n) is 8.53. The topological polar surface area (TPSA) is 49.7 Å². The Labute approximate surface area is 84.0 Å². The fourth-order valence-corrected chi connectivity index (χ4v) is 1.95. The Bertz CT molecular complexity index is 245. The molecule has 0 spiro atoms. The quantitative estimate of drug-likeness (QED) is 0.502. The van der Waals surface area contributed by atoms with E-state index in [1.54, 1.807) is 0 Å². The maximum Gasteiger partial charge on any atom is 0.273 e. The smallest absolute Gasteiger partial charge is 0.273 e. The third kappa shape index (κ3) is 2.76. The van der Waals surface area contributed by atoms with Gasteiger partial charge < -0.3 is 0 Å². The first-order valence-electron chi connectivity index (χ1n) is 5.15. The van der Waals surface area contributed by atoms with Crippen molar-refractivity contribution in [2.24, 2.45) is 4.99 Å². The van der Waals surface area contributed by atoms with Crippen LogP contribution in [-0.4, -0.2) is 36.0 Å². The number of carbonyl (C=O) groups excluding carboxylic acids is 2. The molecule has 1 rings (SSSR count). The van der Waals surface area contributed by atoms with Crippen molar-refractivity contribution in [2.75, 3.05) is 13.1 Å². The van der Waals surface area contributed by atoms with Crippen LogP contribution in [-0.2, 0) is 9.59 Å². The fourth-order valence-electron chi connectivity index (χ4n) is 1.95. The molecule has 0 aromatic carbocycles. The van der Waals surface area contributed by atoms with E-state index in [9.17, 15) is 9.59 Å². The van der Waals surface area contributed by atoms with Gasteiger partial charge in [0.25, 0.3) is 5.91 Å². The molecule has 1 heterocycles. The van der Waals surface area contributed by atoms with Gasteiger partial charge in [-0.15, -0.1) is 4.99 Å². The monoisotopic (exact) mass is 196 g/mol. The molecule has 1 fully saturated rings. The summed E-state index contributed by atoms with van der Waals surface area (Å²) in [4.78, 5) is 26.7. The number of nitrogens with zero attached hydrogens (tertiary/aromatic N) is 2. The van der Waals surface area contributed by atoms with Gasteiger partial charge in [-0.2, -0.15) is 0 Å². The Morgan fingerprint density at radius 2 is 2.36 bits per heavy atom. The van der Waals surface area contributed by atoms with Crippen LogP contribution in [0.15, 0.2) is 4.99 Å². The van der Waals surface area contributed by atoms with Crippen molar-refractivity contribution < 1.29 is 9.59 Å². The molecule has 14 heavy (non-hydrogen) atoms. The molecule has 1 amide bonds. The minimum atomic E-state index is -0.326. The van der Waals surface area contributed by atoms with Crippen molar-refractivity contribution in [1.82, 2.24) is 4.90 Å². The Morgan fingerprint density at radius 1 is 1.57 bits per heavy atom. The molecule has 0 N–H and O–H groups in total. The molecule has 0 bridgehead atoms. The van der Waals surface area contributed by atoms with Crippen molar-refractivity contribution >= 4 is 12.0 Å². The van der Waals surface area contributed by atoms with Crippen molar-refractivity contribution in [2.45, 2.75) is 38.6 Å². The predicted molar refractivity (Wildman–Crippen MR) is 52.6 cm³/mol. The highest BCUT2D eigenvalue weighted by atomic mass is 16.2. The molecule has 0 aliphatic carbocycles. The van der Waals surface area contributed by atoms with Gasteiger partial charge in [0.15, 0.2) is 0 Å². The van der Waals surface area contributed by atoms with Gasteiger partial charge in [0.05, 0.1) is 6.04 Å². The van der Waals surface area contributed by atoms with Crippen molar-refractivity contribution in [3.8, 4) is 0 Å². The fraction of sp³-hybridized carbons (Fsp3) is 0.800. The standard InChI is InChI=1S/C10H16N2O2/c1-2-6-12-7-4-3-5-9(12)10(14)11-8-13/h9H,2-7H2,1H3. The number of hydrogen-bond acceptors (Lipinski definition) is 3. The Balaban J connectivity index is 2.61. The zero-order chi connectivity index (χ0) is 10.4. The molecule has 4 nitrogen and oxygen atoms in total. The third-order valence-corrected chi connectivity index (χ3v) is 2.57. The SMILES string of the molecule is CCCN1CCCCC1C(=O)N=C=O. The summed E-state index contributed by atoms with van der Waals surface area (Å²) in [6.07, 6.45) is 5.35. The van der Waals surface area contributed by atoms with E-state index in [1.807, 2.05) is 0 Å². The van der Waals surface area contributed by atoms with Crippen LogP contribution >= 0.6 is 0 Å². The molecule has 78 valence electrons. The molecule has 0 saturated carbocycles. The minimum Gasteiger partial charge on any atom is -0.292 e. The van der Waals surface area contributed by atoms with E-state index in [2.05, 4.69) is 16.8 Å². The number of piperidine rings is 1. The molecule has 0 aromatic rings. The molecule has 0 radical (unpaired) electrons. The number of isocyanates is 1. The number of hydrogen-bond donors (Lipinski definition) is 0. The second kappa shape index (κ2) is 5.68. The van der Waals surface area contributed by atoms with Crippen LogP contribution in [0.4, 0.5) is 0 Å². The number of likely N-dealkylation sites (tertiary alicyclic amines) is 1. The Hall–Kier alpha value is -0.990. The molecule has 1 aliphatic heterocycles. The highest BCUT2D eigenvalue weighted by molar-refractivity contribution is 5.86. The molecule has 1 atom stereocenters. The molecule has 1 saturated heterocycles. The van der Waals surface area contributed by atoms with Gasteiger partial charge in [0, 0.05) is 0 Å². The maximum absolute atomic E-state index is 11.4. The number of carbonyl (C=O) groups is 1. The van der Waals surface area contributed by atoms with E-state index in [4.69, 9.17) is 0 Å². The van der Waals surface area contributed by atoms with Crippen LogP contribution in [0.25, 0.3) is 0 Å². The number of aliphatic imine (C=N–C) groups is 1. The molecular formula is C10H16N2O2. The first kappa shape index (κ1) is 11.1. The number of amides is 1. The highest BCUT2D eigenvalue weighted by Gasteiger charge is 2.27. The van der Waals surface area contributed by atoms with Crippen LogP contribution in [0.3, 0.4) is 0 Å². The summed E-state index contributed by atoms with van der Waals surface area (Å²) in [6.45, 7) is 3.93. The highest BCUT2D eigenvalue weighted by Crippen LogP contribution is 2.18. The first-order chi connectivity index (χ1) is 6.79. The van der Waals surface area contributed by atoms with Crippen molar-refractivity contribution in [1.29, 1.82) is 0 Å². The van der Waals surface area contributed by atoms with Gasteiger partial charge >= 0.3 is 0 Å². The van der Waals surface area contributed by atoms with Crippen LogP contribution < -0.4 is 0 Å². The van der Waals surface area contributed by atoms with Crippen molar-refractivity contribution in [3.63, 3.8) is 0 Å². The second-order valence-electron chi connectivity index (χ2n) is 3.59. The summed E-state index contributed by atoms with van der Waals surface area (Å²) in [6, 6.07) is -0.176. The van der Waals surface area contributed by atoms with E-state index in [1.165, 1.54) is 6.08 Å². The lowest BCUT2D eigenvalue weighted by Gasteiger charge is -2.32. The molecule has 0 aromatic heterocycles. The van der Waals surface area contributed by atoms with Crippen LogP contribution in [0.2, 0.25) is 0 Å². The summed E-state index contributed by atoms with van der Waals surface area (Å²) in [7, 11) is 0. The normalized spacial score (nSPS) is 22.8. The third-order valence-electron chi connectivity index (χ3n) is 2.57. The number of rotatable bonds is 3. The van der Waals surface area contributed by atoms with E-state index in [0.717, 1.165) is 38.8 Å². The van der Waals surface area contributed by atoms with Crippen LogP contribution in [0.1, 0.15) is 32.6 Å². The predicted octanol–water partition coefficient (Wildman–Crippen LogP) is 1.11. The zero-order valence-corrected chi connectivity index (χ0v) is 8.53. The van der Waals surface area contributed by atoms with Crippen molar-refractivity contribution in [3.05, 3.63) is 0 Å². The first-order valence-corrected chi connectivity index (χ1v) is 5.15. The van der Waals surface area contributed by atoms with E-state index >= 15 is 0 Å². The maximum atomic E-state index is 11.4. The van der Waals surface area contributed by atoms with Gasteiger partial charge in [-0.25, -0.2) is 4.79 Å². The summed E-state index contributed by atoms with van der Waals surface area (Å²) in [5.74, 6) is -0.326. The summed E-state index contributed by atoms with van der Waals surface area (Å²) in [5, 5.41) is 0. The van der Waals surface area contributed by atoms with Gasteiger partial charge in [-0.3, -0.25) is 9.69 Å². The summed E-state index contributed by atoms with van der Waals surface area (Å²) in [5.41, 5.74) is 0. The molecule has 1 aliphatic rings. The Kier molecular flexibility index (Phi) is 4.50. The van der Waals surface area contributed by atoms with Gasteiger partial charge in [-0.05, 0) is 32.4 Å². The lowest BCUT2D eigenvalue weighted by atomic mass is 10.0. The van der Waals surface area contributed by atoms with Gasteiger partial charge in [0.1, 0.15) is 0 Å². The van der Waals surface area contributed by atoms with E-state index in [-0.39, 0.29) is 11.9 Å². The van der Waals surface area contributed by atoms with Gasteiger partial charge in [-0.1, -0.05) is 13.3 Å².